The van der Waals surface area contributed by atoms with Crippen molar-refractivity contribution in [2.45, 2.75) is 13.8 Å². The molecule has 108 valence electrons. The minimum Gasteiger partial charge on any atom is -0.308 e. The Balaban J connectivity index is 2.49. The molecule has 5 nitrogen and oxygen atoms in total. The lowest BCUT2D eigenvalue weighted by Gasteiger charge is -2.21. The summed E-state index contributed by atoms with van der Waals surface area (Å²) in [5.74, 6) is -0.362. The van der Waals surface area contributed by atoms with Crippen molar-refractivity contribution in [1.82, 2.24) is 0 Å². The van der Waals surface area contributed by atoms with E-state index in [1.807, 2.05) is 37.3 Å². The second-order valence-electron chi connectivity index (χ2n) is 4.61. The van der Waals surface area contributed by atoms with Crippen LogP contribution in [0.2, 0.25) is 0 Å². The molecule has 1 amide bonds. The van der Waals surface area contributed by atoms with E-state index in [4.69, 9.17) is 0 Å². The van der Waals surface area contributed by atoms with Crippen molar-refractivity contribution in [2.75, 3.05) is 11.4 Å². The highest BCUT2D eigenvalue weighted by atomic mass is 16.6. The standard InChI is InChI=1S/C16H16N2O3/c1-3-17(13-9-5-4-6-10-13)16(19)14-11-7-8-12(2)15(14)18(20)21/h4-11H,3H2,1-2H3. The summed E-state index contributed by atoms with van der Waals surface area (Å²) in [5, 5.41) is 11.2. The molecule has 0 spiro atoms. The second-order valence-corrected chi connectivity index (χ2v) is 4.61. The number of amides is 1. The van der Waals surface area contributed by atoms with Crippen molar-refractivity contribution in [3.8, 4) is 0 Å². The molecule has 0 bridgehead atoms. The van der Waals surface area contributed by atoms with E-state index in [0.29, 0.717) is 12.1 Å². The van der Waals surface area contributed by atoms with Gasteiger partial charge in [-0.15, -0.1) is 0 Å². The Morgan fingerprint density at radius 2 is 1.81 bits per heavy atom. The third-order valence-corrected chi connectivity index (χ3v) is 3.28. The maximum Gasteiger partial charge on any atom is 0.285 e. The van der Waals surface area contributed by atoms with Crippen LogP contribution in [-0.2, 0) is 0 Å². The molecule has 0 atom stereocenters. The molecule has 21 heavy (non-hydrogen) atoms. The van der Waals surface area contributed by atoms with E-state index >= 15 is 0 Å². The van der Waals surface area contributed by atoms with E-state index in [1.165, 1.54) is 11.0 Å². The summed E-state index contributed by atoms with van der Waals surface area (Å²) in [6.07, 6.45) is 0. The predicted octanol–water partition coefficient (Wildman–Crippen LogP) is 3.57. The fraction of sp³-hybridized carbons (Fsp3) is 0.188. The zero-order valence-electron chi connectivity index (χ0n) is 11.9. The van der Waals surface area contributed by atoms with Gasteiger partial charge < -0.3 is 4.90 Å². The molecule has 0 aliphatic heterocycles. The number of benzene rings is 2. The summed E-state index contributed by atoms with van der Waals surface area (Å²) in [6.45, 7) is 3.91. The van der Waals surface area contributed by atoms with Gasteiger partial charge in [0.2, 0.25) is 0 Å². The number of carbonyl (C=O) groups is 1. The average Bonchev–Trinajstić information content (AvgIpc) is 2.48. The van der Waals surface area contributed by atoms with Crippen LogP contribution in [0.3, 0.4) is 0 Å². The van der Waals surface area contributed by atoms with Gasteiger partial charge in [-0.1, -0.05) is 30.3 Å². The van der Waals surface area contributed by atoms with Crippen LogP contribution in [0.1, 0.15) is 22.8 Å². The van der Waals surface area contributed by atoms with Crippen molar-refractivity contribution >= 4 is 17.3 Å². The molecule has 5 heteroatoms. The number of hydrogen-bond donors (Lipinski definition) is 0. The number of anilines is 1. The largest absolute Gasteiger partial charge is 0.308 e. The summed E-state index contributed by atoms with van der Waals surface area (Å²) >= 11 is 0. The van der Waals surface area contributed by atoms with Gasteiger partial charge in [-0.25, -0.2) is 0 Å². The molecule has 0 aliphatic carbocycles. The molecule has 2 aromatic rings. The van der Waals surface area contributed by atoms with Gasteiger partial charge >= 0.3 is 0 Å². The summed E-state index contributed by atoms with van der Waals surface area (Å²) in [4.78, 5) is 24.9. The summed E-state index contributed by atoms with van der Waals surface area (Å²) < 4.78 is 0. The molecule has 2 rings (SSSR count). The molecule has 0 radical (unpaired) electrons. The lowest BCUT2D eigenvalue weighted by Crippen LogP contribution is -2.31. The summed E-state index contributed by atoms with van der Waals surface area (Å²) in [5.41, 5.74) is 1.19. The van der Waals surface area contributed by atoms with Crippen LogP contribution in [0.15, 0.2) is 48.5 Å². The highest BCUT2D eigenvalue weighted by Gasteiger charge is 2.26. The van der Waals surface area contributed by atoms with Gasteiger partial charge in [0.1, 0.15) is 5.56 Å². The molecule has 0 aliphatic rings. The van der Waals surface area contributed by atoms with Gasteiger partial charge in [0.15, 0.2) is 0 Å². The number of nitrogens with zero attached hydrogens (tertiary/aromatic N) is 2. The Labute approximate surface area is 123 Å². The molecule has 0 saturated carbocycles. The Bertz CT molecular complexity index is 668. The number of rotatable bonds is 4. The number of carbonyl (C=O) groups excluding carboxylic acids is 1. The lowest BCUT2D eigenvalue weighted by atomic mass is 10.1. The van der Waals surface area contributed by atoms with E-state index in [0.717, 1.165) is 5.69 Å². The van der Waals surface area contributed by atoms with Crippen molar-refractivity contribution in [3.63, 3.8) is 0 Å². The topological polar surface area (TPSA) is 63.5 Å². The number of para-hydroxylation sites is 2. The number of hydrogen-bond acceptors (Lipinski definition) is 3. The summed E-state index contributed by atoms with van der Waals surface area (Å²) in [6, 6.07) is 13.9. The maximum absolute atomic E-state index is 12.7. The first-order valence-electron chi connectivity index (χ1n) is 6.67. The average molecular weight is 284 g/mol. The second kappa shape index (κ2) is 6.17. The maximum atomic E-state index is 12.7. The first-order valence-corrected chi connectivity index (χ1v) is 6.67. The van der Waals surface area contributed by atoms with Crippen LogP contribution >= 0.6 is 0 Å². The molecule has 0 N–H and O–H groups in total. The van der Waals surface area contributed by atoms with Crippen LogP contribution < -0.4 is 4.90 Å². The minimum atomic E-state index is -0.499. The quantitative estimate of drug-likeness (QED) is 0.637. The van der Waals surface area contributed by atoms with E-state index in [-0.39, 0.29) is 17.2 Å². The number of nitro groups is 1. The van der Waals surface area contributed by atoms with E-state index < -0.39 is 4.92 Å². The first kappa shape index (κ1) is 14.7. The van der Waals surface area contributed by atoms with Gasteiger partial charge in [-0.3, -0.25) is 14.9 Å². The van der Waals surface area contributed by atoms with Gasteiger partial charge in [-0.2, -0.15) is 0 Å². The molecule has 0 fully saturated rings. The van der Waals surface area contributed by atoms with E-state index in [9.17, 15) is 14.9 Å². The van der Waals surface area contributed by atoms with E-state index in [2.05, 4.69) is 0 Å². The van der Waals surface area contributed by atoms with Crippen LogP contribution in [0.4, 0.5) is 11.4 Å². The number of nitro benzene ring substituents is 1. The fourth-order valence-electron chi connectivity index (χ4n) is 2.27. The van der Waals surface area contributed by atoms with Gasteiger partial charge in [0, 0.05) is 17.8 Å². The molecule has 2 aromatic carbocycles. The molecular weight excluding hydrogens is 268 g/mol. The number of aryl methyl sites for hydroxylation is 1. The van der Waals surface area contributed by atoms with Crippen molar-refractivity contribution in [3.05, 3.63) is 69.8 Å². The predicted molar refractivity (Wildman–Crippen MR) is 81.6 cm³/mol. The monoisotopic (exact) mass is 284 g/mol. The SMILES string of the molecule is CCN(C(=O)c1cccc(C)c1[N+](=O)[O-])c1ccccc1. The molecule has 0 unspecified atom stereocenters. The smallest absolute Gasteiger partial charge is 0.285 e. The van der Waals surface area contributed by atoms with Gasteiger partial charge in [0.05, 0.1) is 4.92 Å². The molecule has 0 heterocycles. The molecule has 0 aromatic heterocycles. The fourth-order valence-corrected chi connectivity index (χ4v) is 2.27. The van der Waals surface area contributed by atoms with Gasteiger partial charge in [0.25, 0.3) is 11.6 Å². The highest BCUT2D eigenvalue weighted by Crippen LogP contribution is 2.26. The minimum absolute atomic E-state index is 0.116. The van der Waals surface area contributed by atoms with Crippen molar-refractivity contribution < 1.29 is 9.72 Å². The molecule has 0 saturated heterocycles. The van der Waals surface area contributed by atoms with Crippen LogP contribution in [0.25, 0.3) is 0 Å². The normalized spacial score (nSPS) is 10.2. The third kappa shape index (κ3) is 2.91. The first-order chi connectivity index (χ1) is 10.1. The third-order valence-electron chi connectivity index (χ3n) is 3.28. The highest BCUT2D eigenvalue weighted by molar-refractivity contribution is 6.08. The van der Waals surface area contributed by atoms with Crippen LogP contribution in [0, 0.1) is 17.0 Å². The Hall–Kier alpha value is -2.69. The van der Waals surface area contributed by atoms with Gasteiger partial charge in [-0.05, 0) is 32.0 Å². The van der Waals surface area contributed by atoms with E-state index in [1.54, 1.807) is 19.1 Å². The Kier molecular flexibility index (Phi) is 4.33. The van der Waals surface area contributed by atoms with Crippen molar-refractivity contribution in [2.24, 2.45) is 0 Å². The summed E-state index contributed by atoms with van der Waals surface area (Å²) in [7, 11) is 0. The van der Waals surface area contributed by atoms with Crippen LogP contribution in [-0.4, -0.2) is 17.4 Å². The zero-order chi connectivity index (χ0) is 15.4. The Morgan fingerprint density at radius 3 is 2.38 bits per heavy atom. The Morgan fingerprint density at radius 1 is 1.14 bits per heavy atom. The zero-order valence-corrected chi connectivity index (χ0v) is 11.9. The molecular formula is C16H16N2O3. The van der Waals surface area contributed by atoms with Crippen molar-refractivity contribution in [1.29, 1.82) is 0 Å². The lowest BCUT2D eigenvalue weighted by molar-refractivity contribution is -0.385. The van der Waals surface area contributed by atoms with Crippen LogP contribution in [0.5, 0.6) is 0 Å².